The van der Waals surface area contributed by atoms with Crippen molar-refractivity contribution in [3.63, 3.8) is 0 Å². The lowest BCUT2D eigenvalue weighted by atomic mass is 10.3. The number of hydrogen-bond donors (Lipinski definition) is 2. The topological polar surface area (TPSA) is 61.7 Å². The number of amides is 1. The van der Waals surface area contributed by atoms with Crippen LogP contribution >= 0.6 is 27.7 Å². The molecule has 3 aromatic rings. The standard InChI is InChI=1S/C16H12BrFN4OS/c17-11-6-7-14(13(18)8-11)21-15(23)9-24-16-19-10-20-22(16)12-4-2-1-3-5-12/h1-8,10H,9H2,(H,21,23)/p+1. The molecule has 0 aliphatic rings. The molecule has 8 heteroatoms. The molecule has 24 heavy (non-hydrogen) atoms. The van der Waals surface area contributed by atoms with Crippen LogP contribution in [0.4, 0.5) is 10.1 Å². The van der Waals surface area contributed by atoms with Crippen molar-refractivity contribution in [3.8, 4) is 5.69 Å². The van der Waals surface area contributed by atoms with Crippen LogP contribution in [0.2, 0.25) is 0 Å². The molecule has 0 bridgehead atoms. The number of halogens is 2. The van der Waals surface area contributed by atoms with Gasteiger partial charge < -0.3 is 5.32 Å². The molecule has 0 saturated carbocycles. The molecule has 3 rings (SSSR count). The molecule has 5 nitrogen and oxygen atoms in total. The number of aromatic nitrogens is 3. The van der Waals surface area contributed by atoms with Crippen molar-refractivity contribution in [1.82, 2.24) is 10.1 Å². The minimum atomic E-state index is -0.484. The lowest BCUT2D eigenvalue weighted by Gasteiger charge is -2.05. The van der Waals surface area contributed by atoms with Gasteiger partial charge in [-0.25, -0.2) is 4.39 Å². The van der Waals surface area contributed by atoms with Crippen LogP contribution in [0.3, 0.4) is 0 Å². The zero-order chi connectivity index (χ0) is 16.9. The van der Waals surface area contributed by atoms with Gasteiger partial charge in [0.2, 0.25) is 12.2 Å². The SMILES string of the molecule is O=C(CSc1nc[nH][n+]1-c1ccccc1)Nc1ccc(Br)cc1F. The van der Waals surface area contributed by atoms with Gasteiger partial charge in [0.1, 0.15) is 5.82 Å². The van der Waals surface area contributed by atoms with Gasteiger partial charge in [0, 0.05) is 4.47 Å². The Labute approximate surface area is 150 Å². The molecule has 2 N–H and O–H groups in total. The Balaban J connectivity index is 1.64. The number of H-pyrrole nitrogens is 1. The third-order valence-electron chi connectivity index (χ3n) is 3.11. The first-order valence-corrected chi connectivity index (χ1v) is 8.80. The number of carbonyl (C=O) groups is 1. The summed E-state index contributed by atoms with van der Waals surface area (Å²) < 4.78 is 16.1. The molecule has 0 saturated heterocycles. The average Bonchev–Trinajstić information content (AvgIpc) is 3.05. The van der Waals surface area contributed by atoms with Gasteiger partial charge in [-0.05, 0) is 47.1 Å². The van der Waals surface area contributed by atoms with E-state index in [1.54, 1.807) is 17.1 Å². The molecule has 1 aromatic heterocycles. The van der Waals surface area contributed by atoms with E-state index in [1.807, 2.05) is 30.3 Å². The molecule has 0 fully saturated rings. The lowest BCUT2D eigenvalue weighted by Crippen LogP contribution is -2.35. The first-order chi connectivity index (χ1) is 11.6. The van der Waals surface area contributed by atoms with E-state index >= 15 is 0 Å². The van der Waals surface area contributed by atoms with Gasteiger partial charge in [-0.15, -0.1) is 4.68 Å². The maximum absolute atomic E-state index is 13.7. The smallest absolute Gasteiger partial charge is 0.323 e. The summed E-state index contributed by atoms with van der Waals surface area (Å²) in [5, 5.41) is 6.20. The predicted octanol–water partition coefficient (Wildman–Crippen LogP) is 3.32. The van der Waals surface area contributed by atoms with Gasteiger partial charge in [-0.3, -0.25) is 4.79 Å². The van der Waals surface area contributed by atoms with Gasteiger partial charge in [-0.2, -0.15) is 5.10 Å². The van der Waals surface area contributed by atoms with Crippen molar-refractivity contribution in [2.45, 2.75) is 5.16 Å². The second-order valence-electron chi connectivity index (χ2n) is 4.80. The van der Waals surface area contributed by atoms with Crippen LogP contribution in [0, 0.1) is 5.82 Å². The highest BCUT2D eigenvalue weighted by Crippen LogP contribution is 2.20. The molecule has 122 valence electrons. The summed E-state index contributed by atoms with van der Waals surface area (Å²) in [6.45, 7) is 0. The third kappa shape index (κ3) is 4.01. The summed E-state index contributed by atoms with van der Waals surface area (Å²) in [6, 6.07) is 14.1. The number of para-hydroxylation sites is 1. The summed E-state index contributed by atoms with van der Waals surface area (Å²) in [7, 11) is 0. The normalized spacial score (nSPS) is 10.6. The molecule has 0 spiro atoms. The number of benzene rings is 2. The van der Waals surface area contributed by atoms with E-state index in [-0.39, 0.29) is 17.3 Å². The molecule has 2 aromatic carbocycles. The highest BCUT2D eigenvalue weighted by molar-refractivity contribution is 9.10. The van der Waals surface area contributed by atoms with Gasteiger partial charge in [0.05, 0.1) is 11.4 Å². The largest absolute Gasteiger partial charge is 0.385 e. The summed E-state index contributed by atoms with van der Waals surface area (Å²) in [5.41, 5.74) is 1.07. The molecular weight excluding hydrogens is 395 g/mol. The van der Waals surface area contributed by atoms with Crippen LogP contribution in [0.25, 0.3) is 5.69 Å². The summed E-state index contributed by atoms with van der Waals surface area (Å²) in [4.78, 5) is 16.2. The van der Waals surface area contributed by atoms with E-state index in [1.165, 1.54) is 23.9 Å². The van der Waals surface area contributed by atoms with Crippen LogP contribution in [0.5, 0.6) is 0 Å². The van der Waals surface area contributed by atoms with E-state index in [0.717, 1.165) is 5.69 Å². The molecular formula is C16H13BrFN4OS+. The number of nitrogens with one attached hydrogen (secondary N) is 2. The minimum Gasteiger partial charge on any atom is -0.323 e. The van der Waals surface area contributed by atoms with Crippen LogP contribution < -0.4 is 10.00 Å². The fraction of sp³-hybridized carbons (Fsp3) is 0.0625. The molecule has 1 amide bonds. The Morgan fingerprint density at radius 2 is 2.08 bits per heavy atom. The van der Waals surface area contributed by atoms with Crippen molar-refractivity contribution in [1.29, 1.82) is 0 Å². The minimum absolute atomic E-state index is 0.118. The average molecular weight is 408 g/mol. The van der Waals surface area contributed by atoms with Crippen LogP contribution in [0.1, 0.15) is 0 Å². The number of rotatable bonds is 5. The summed E-state index contributed by atoms with van der Waals surface area (Å²) >= 11 is 4.44. The van der Waals surface area contributed by atoms with E-state index in [0.29, 0.717) is 9.63 Å². The molecule has 0 radical (unpaired) electrons. The quantitative estimate of drug-likeness (QED) is 0.503. The van der Waals surface area contributed by atoms with Crippen molar-refractivity contribution in [2.75, 3.05) is 11.1 Å². The number of aromatic amines is 1. The predicted molar refractivity (Wildman–Crippen MR) is 93.6 cm³/mol. The summed E-state index contributed by atoms with van der Waals surface area (Å²) in [5.74, 6) is -0.668. The number of hydrogen-bond acceptors (Lipinski definition) is 3. The van der Waals surface area contributed by atoms with E-state index < -0.39 is 5.82 Å². The molecule has 0 atom stereocenters. The Bertz CT molecular complexity index is 856. The maximum atomic E-state index is 13.7. The van der Waals surface area contributed by atoms with Crippen molar-refractivity contribution in [3.05, 3.63) is 65.1 Å². The van der Waals surface area contributed by atoms with Gasteiger partial charge in [0.15, 0.2) is 5.69 Å². The third-order valence-corrected chi connectivity index (χ3v) is 4.55. The monoisotopic (exact) mass is 407 g/mol. The Morgan fingerprint density at radius 3 is 2.83 bits per heavy atom. The van der Waals surface area contributed by atoms with E-state index in [9.17, 15) is 9.18 Å². The first kappa shape index (κ1) is 16.7. The van der Waals surface area contributed by atoms with Gasteiger partial charge in [0.25, 0.3) is 0 Å². The van der Waals surface area contributed by atoms with E-state index in [4.69, 9.17) is 0 Å². The number of nitrogens with zero attached hydrogens (tertiary/aromatic N) is 2. The van der Waals surface area contributed by atoms with E-state index in [2.05, 4.69) is 31.3 Å². The van der Waals surface area contributed by atoms with Crippen molar-refractivity contribution < 1.29 is 13.9 Å². The number of carbonyl (C=O) groups excluding carboxylic acids is 1. The Morgan fingerprint density at radius 1 is 1.29 bits per heavy atom. The summed E-state index contributed by atoms with van der Waals surface area (Å²) in [6.07, 6.45) is 1.56. The van der Waals surface area contributed by atoms with Gasteiger partial charge in [-0.1, -0.05) is 34.1 Å². The van der Waals surface area contributed by atoms with Crippen molar-refractivity contribution >= 4 is 39.3 Å². The molecule has 1 heterocycles. The molecule has 0 unspecified atom stereocenters. The zero-order valence-corrected chi connectivity index (χ0v) is 14.8. The number of thioether (sulfide) groups is 1. The Hall–Kier alpha value is -2.19. The molecule has 0 aliphatic heterocycles. The van der Waals surface area contributed by atoms with Crippen LogP contribution in [-0.4, -0.2) is 21.7 Å². The van der Waals surface area contributed by atoms with Crippen LogP contribution in [0.15, 0.2) is 64.5 Å². The highest BCUT2D eigenvalue weighted by Gasteiger charge is 2.18. The maximum Gasteiger partial charge on any atom is 0.385 e. The fourth-order valence-corrected chi connectivity index (χ4v) is 3.11. The fourth-order valence-electron chi connectivity index (χ4n) is 2.03. The Kier molecular flexibility index (Phi) is 5.27. The van der Waals surface area contributed by atoms with Gasteiger partial charge >= 0.3 is 5.16 Å². The lowest BCUT2D eigenvalue weighted by molar-refractivity contribution is -0.694. The zero-order valence-electron chi connectivity index (χ0n) is 12.4. The second kappa shape index (κ2) is 7.59. The number of anilines is 1. The second-order valence-corrected chi connectivity index (χ2v) is 6.66. The molecule has 0 aliphatic carbocycles. The highest BCUT2D eigenvalue weighted by atomic mass is 79.9. The first-order valence-electron chi connectivity index (χ1n) is 7.02. The van der Waals surface area contributed by atoms with Crippen LogP contribution in [-0.2, 0) is 4.79 Å². The van der Waals surface area contributed by atoms with Crippen molar-refractivity contribution in [2.24, 2.45) is 0 Å².